The Morgan fingerprint density at radius 1 is 1.00 bits per heavy atom. The minimum absolute atomic E-state index is 0.0234. The standard InChI is InChI=1S/C18H30O6/c1-13-7-5-9-17(19)24-12-16(22-4)14(2)8-6-10-18(20)23-11-15(13)21-3/h5,7,13-16H,6,8-12H2,1-4H3/b7-5+/t13-,14-,15+,16-/m1/s1. The predicted octanol–water partition coefficient (Wildman–Crippen LogP) is 2.51. The Bertz CT molecular complexity index is 420. The second kappa shape index (κ2) is 11.2. The van der Waals surface area contributed by atoms with Gasteiger partial charge in [0.15, 0.2) is 0 Å². The third-order valence-corrected chi connectivity index (χ3v) is 4.41. The van der Waals surface area contributed by atoms with Crippen molar-refractivity contribution in [1.82, 2.24) is 0 Å². The van der Waals surface area contributed by atoms with E-state index in [2.05, 4.69) is 0 Å². The van der Waals surface area contributed by atoms with E-state index in [9.17, 15) is 9.59 Å². The van der Waals surface area contributed by atoms with Gasteiger partial charge in [0, 0.05) is 26.6 Å². The molecule has 0 aromatic heterocycles. The zero-order chi connectivity index (χ0) is 17.9. The third-order valence-electron chi connectivity index (χ3n) is 4.41. The second-order valence-corrected chi connectivity index (χ2v) is 6.28. The summed E-state index contributed by atoms with van der Waals surface area (Å²) in [6, 6.07) is 0. The highest BCUT2D eigenvalue weighted by atomic mass is 16.6. The molecular formula is C18H30O6. The first-order chi connectivity index (χ1) is 11.5. The minimum Gasteiger partial charge on any atom is -0.463 e. The monoisotopic (exact) mass is 342 g/mol. The molecule has 0 radical (unpaired) electrons. The second-order valence-electron chi connectivity index (χ2n) is 6.28. The summed E-state index contributed by atoms with van der Waals surface area (Å²) >= 11 is 0. The molecule has 1 rings (SSSR count). The Morgan fingerprint density at radius 3 is 2.29 bits per heavy atom. The van der Waals surface area contributed by atoms with Crippen LogP contribution in [-0.4, -0.2) is 51.6 Å². The molecule has 0 saturated heterocycles. The van der Waals surface area contributed by atoms with Crippen LogP contribution in [-0.2, 0) is 28.5 Å². The maximum atomic E-state index is 11.8. The molecule has 0 aromatic rings. The topological polar surface area (TPSA) is 71.1 Å². The van der Waals surface area contributed by atoms with E-state index in [1.54, 1.807) is 20.3 Å². The lowest BCUT2D eigenvalue weighted by atomic mass is 9.98. The number of carbonyl (C=O) groups is 2. The van der Waals surface area contributed by atoms with Gasteiger partial charge < -0.3 is 18.9 Å². The fourth-order valence-electron chi connectivity index (χ4n) is 2.64. The Balaban J connectivity index is 2.73. The van der Waals surface area contributed by atoms with Crippen LogP contribution in [0, 0.1) is 11.8 Å². The normalized spacial score (nSPS) is 32.7. The first-order valence-electron chi connectivity index (χ1n) is 8.51. The summed E-state index contributed by atoms with van der Waals surface area (Å²) in [5.74, 6) is -0.283. The average molecular weight is 342 g/mol. The molecule has 1 aliphatic rings. The van der Waals surface area contributed by atoms with Crippen molar-refractivity contribution in [2.24, 2.45) is 11.8 Å². The van der Waals surface area contributed by atoms with Crippen molar-refractivity contribution in [2.45, 2.75) is 51.7 Å². The Kier molecular flexibility index (Phi) is 9.64. The highest BCUT2D eigenvalue weighted by Gasteiger charge is 2.21. The summed E-state index contributed by atoms with van der Waals surface area (Å²) in [5, 5.41) is 0. The number of ether oxygens (including phenoxy) is 4. The van der Waals surface area contributed by atoms with Crippen LogP contribution in [0.2, 0.25) is 0 Å². The van der Waals surface area contributed by atoms with Crippen LogP contribution in [0.4, 0.5) is 0 Å². The Labute approximate surface area is 144 Å². The first-order valence-corrected chi connectivity index (χ1v) is 8.51. The quantitative estimate of drug-likeness (QED) is 0.567. The summed E-state index contributed by atoms with van der Waals surface area (Å²) < 4.78 is 21.4. The van der Waals surface area contributed by atoms with E-state index in [-0.39, 0.29) is 55.6 Å². The molecule has 0 spiro atoms. The van der Waals surface area contributed by atoms with Crippen molar-refractivity contribution in [1.29, 1.82) is 0 Å². The van der Waals surface area contributed by atoms with E-state index in [4.69, 9.17) is 18.9 Å². The predicted molar refractivity (Wildman–Crippen MR) is 89.4 cm³/mol. The Hall–Kier alpha value is -1.40. The van der Waals surface area contributed by atoms with Crippen molar-refractivity contribution in [3.8, 4) is 0 Å². The molecule has 0 saturated carbocycles. The van der Waals surface area contributed by atoms with E-state index < -0.39 is 0 Å². The molecular weight excluding hydrogens is 312 g/mol. The molecule has 0 unspecified atom stereocenters. The van der Waals surface area contributed by atoms with Crippen molar-refractivity contribution < 1.29 is 28.5 Å². The van der Waals surface area contributed by atoms with Gasteiger partial charge in [-0.3, -0.25) is 9.59 Å². The third kappa shape index (κ3) is 7.45. The summed E-state index contributed by atoms with van der Waals surface area (Å²) in [7, 11) is 3.19. The lowest BCUT2D eigenvalue weighted by molar-refractivity contribution is -0.148. The summed E-state index contributed by atoms with van der Waals surface area (Å²) in [6.07, 6.45) is 5.32. The van der Waals surface area contributed by atoms with E-state index in [0.29, 0.717) is 12.8 Å². The number of hydrogen-bond donors (Lipinski definition) is 0. The molecule has 24 heavy (non-hydrogen) atoms. The van der Waals surface area contributed by atoms with Crippen LogP contribution < -0.4 is 0 Å². The highest BCUT2D eigenvalue weighted by molar-refractivity contribution is 5.71. The smallest absolute Gasteiger partial charge is 0.309 e. The molecule has 6 nitrogen and oxygen atoms in total. The number of cyclic esters (lactones) is 2. The van der Waals surface area contributed by atoms with Crippen LogP contribution in [0.15, 0.2) is 12.2 Å². The van der Waals surface area contributed by atoms with Gasteiger partial charge in [0.2, 0.25) is 0 Å². The molecule has 0 aliphatic carbocycles. The van der Waals surface area contributed by atoms with E-state index in [0.717, 1.165) is 6.42 Å². The zero-order valence-corrected chi connectivity index (χ0v) is 15.2. The maximum absolute atomic E-state index is 11.8. The molecule has 1 aliphatic heterocycles. The van der Waals surface area contributed by atoms with Crippen LogP contribution in [0.1, 0.15) is 39.5 Å². The number of hydrogen-bond acceptors (Lipinski definition) is 6. The highest BCUT2D eigenvalue weighted by Crippen LogP contribution is 2.17. The molecule has 6 heteroatoms. The van der Waals surface area contributed by atoms with Gasteiger partial charge in [-0.05, 0) is 18.8 Å². The van der Waals surface area contributed by atoms with Crippen molar-refractivity contribution >= 4 is 11.9 Å². The van der Waals surface area contributed by atoms with E-state index in [1.807, 2.05) is 19.9 Å². The Morgan fingerprint density at radius 2 is 1.62 bits per heavy atom. The number of carbonyl (C=O) groups excluding carboxylic acids is 2. The minimum atomic E-state index is -0.278. The lowest BCUT2D eigenvalue weighted by Crippen LogP contribution is -2.28. The summed E-state index contributed by atoms with van der Waals surface area (Å²) in [4.78, 5) is 23.7. The van der Waals surface area contributed by atoms with E-state index in [1.165, 1.54) is 0 Å². The molecule has 1 heterocycles. The zero-order valence-electron chi connectivity index (χ0n) is 15.2. The lowest BCUT2D eigenvalue weighted by Gasteiger charge is -2.23. The van der Waals surface area contributed by atoms with Crippen molar-refractivity contribution in [2.75, 3.05) is 27.4 Å². The van der Waals surface area contributed by atoms with Crippen LogP contribution in [0.25, 0.3) is 0 Å². The van der Waals surface area contributed by atoms with Gasteiger partial charge in [-0.2, -0.15) is 0 Å². The van der Waals surface area contributed by atoms with Crippen LogP contribution in [0.5, 0.6) is 0 Å². The molecule has 138 valence electrons. The van der Waals surface area contributed by atoms with Crippen LogP contribution >= 0.6 is 0 Å². The van der Waals surface area contributed by atoms with E-state index >= 15 is 0 Å². The van der Waals surface area contributed by atoms with Crippen LogP contribution in [0.3, 0.4) is 0 Å². The fraction of sp³-hybridized carbons (Fsp3) is 0.778. The van der Waals surface area contributed by atoms with Gasteiger partial charge in [0.05, 0.1) is 18.6 Å². The van der Waals surface area contributed by atoms with Gasteiger partial charge in [-0.25, -0.2) is 0 Å². The first kappa shape index (κ1) is 20.6. The molecule has 0 aromatic carbocycles. The molecule has 0 fully saturated rings. The fourth-order valence-corrected chi connectivity index (χ4v) is 2.64. The molecule has 0 bridgehead atoms. The average Bonchev–Trinajstić information content (AvgIpc) is 2.55. The van der Waals surface area contributed by atoms with Crippen molar-refractivity contribution in [3.05, 3.63) is 12.2 Å². The maximum Gasteiger partial charge on any atom is 0.309 e. The van der Waals surface area contributed by atoms with Gasteiger partial charge in [0.25, 0.3) is 0 Å². The van der Waals surface area contributed by atoms with Gasteiger partial charge in [-0.1, -0.05) is 26.0 Å². The summed E-state index contributed by atoms with van der Waals surface area (Å²) in [5.41, 5.74) is 0. The van der Waals surface area contributed by atoms with Gasteiger partial charge in [0.1, 0.15) is 13.2 Å². The number of methoxy groups -OCH3 is 2. The summed E-state index contributed by atoms with van der Waals surface area (Å²) in [6.45, 7) is 4.42. The number of rotatable bonds is 2. The molecule has 0 N–H and O–H groups in total. The largest absolute Gasteiger partial charge is 0.463 e. The molecule has 0 amide bonds. The van der Waals surface area contributed by atoms with Gasteiger partial charge in [-0.15, -0.1) is 0 Å². The van der Waals surface area contributed by atoms with Gasteiger partial charge >= 0.3 is 11.9 Å². The number of esters is 2. The SMILES string of the molecule is CO[C@H]1COC(=O)CCC[C@@H](C)[C@H](OC)COC(=O)C/C=C/[C@H]1C. The van der Waals surface area contributed by atoms with Crippen molar-refractivity contribution in [3.63, 3.8) is 0 Å². The molecule has 4 atom stereocenters.